The second-order valence-corrected chi connectivity index (χ2v) is 9.91. The van der Waals surface area contributed by atoms with Crippen molar-refractivity contribution in [2.75, 3.05) is 26.0 Å². The van der Waals surface area contributed by atoms with Crippen LogP contribution in [0.2, 0.25) is 0 Å². The minimum absolute atomic E-state index is 0.0136. The molecule has 0 saturated heterocycles. The Labute approximate surface area is 179 Å². The second-order valence-electron chi connectivity index (χ2n) is 6.88. The number of aryl methyl sites for hydroxylation is 2. The van der Waals surface area contributed by atoms with E-state index in [0.29, 0.717) is 15.8 Å². The quantitative estimate of drug-likeness (QED) is 0.585. The summed E-state index contributed by atoms with van der Waals surface area (Å²) in [6.07, 6.45) is 0. The molecule has 9 heteroatoms. The van der Waals surface area contributed by atoms with Crippen LogP contribution in [0.15, 0.2) is 47.4 Å². The molecule has 0 spiro atoms. The number of likely N-dealkylation sites (N-methyl/N-ethyl adjacent to an activating group) is 1. The van der Waals surface area contributed by atoms with Gasteiger partial charge in [-0.2, -0.15) is 4.31 Å². The number of benzene rings is 2. The van der Waals surface area contributed by atoms with Gasteiger partial charge in [0.2, 0.25) is 15.9 Å². The average molecular weight is 447 g/mol. The normalized spacial score (nSPS) is 11.6. The molecule has 0 unspecified atom stereocenters. The van der Waals surface area contributed by atoms with E-state index in [1.54, 1.807) is 30.3 Å². The number of carbonyl (C=O) groups excluding carboxylic acids is 2. The SMILES string of the molecule is COC(=O)c1sc2ccccc2c1S(=O)(=O)N(C)CC(=O)Nc1ccc(C)cc1C. The predicted octanol–water partition coefficient (Wildman–Crippen LogP) is 3.56. The van der Waals surface area contributed by atoms with Gasteiger partial charge in [-0.1, -0.05) is 35.9 Å². The highest BCUT2D eigenvalue weighted by Gasteiger charge is 2.32. The standard InChI is InChI=1S/C21H22N2O5S2/c1-13-9-10-16(14(2)11-13)22-18(24)12-23(3)30(26,27)20-15-7-5-6-8-17(15)29-19(20)21(25)28-4/h5-11H,12H2,1-4H3,(H,22,24). The van der Waals surface area contributed by atoms with Crippen molar-refractivity contribution in [2.24, 2.45) is 0 Å². The smallest absolute Gasteiger partial charge is 0.349 e. The monoisotopic (exact) mass is 446 g/mol. The number of fused-ring (bicyclic) bond motifs is 1. The Morgan fingerprint density at radius 2 is 1.83 bits per heavy atom. The molecule has 7 nitrogen and oxygen atoms in total. The fourth-order valence-corrected chi connectivity index (χ4v) is 5.99. The molecule has 1 heterocycles. The van der Waals surface area contributed by atoms with E-state index in [2.05, 4.69) is 5.32 Å². The molecule has 0 radical (unpaired) electrons. The molecule has 0 saturated carbocycles. The predicted molar refractivity (Wildman–Crippen MR) is 118 cm³/mol. The number of hydrogen-bond donors (Lipinski definition) is 1. The molecule has 0 aliphatic carbocycles. The van der Waals surface area contributed by atoms with E-state index in [9.17, 15) is 18.0 Å². The molecule has 0 bridgehead atoms. The van der Waals surface area contributed by atoms with E-state index >= 15 is 0 Å². The maximum atomic E-state index is 13.3. The van der Waals surface area contributed by atoms with Gasteiger partial charge in [0.1, 0.15) is 9.77 Å². The van der Waals surface area contributed by atoms with Crippen LogP contribution in [-0.2, 0) is 19.6 Å². The van der Waals surface area contributed by atoms with Gasteiger partial charge in [0, 0.05) is 22.8 Å². The van der Waals surface area contributed by atoms with Gasteiger partial charge >= 0.3 is 5.97 Å². The lowest BCUT2D eigenvalue weighted by atomic mass is 10.1. The molecule has 1 N–H and O–H groups in total. The van der Waals surface area contributed by atoms with Crippen molar-refractivity contribution in [1.82, 2.24) is 4.31 Å². The molecule has 158 valence electrons. The van der Waals surface area contributed by atoms with Crippen LogP contribution in [0.4, 0.5) is 5.69 Å². The molecule has 0 aliphatic rings. The Balaban J connectivity index is 1.91. The lowest BCUT2D eigenvalue weighted by Crippen LogP contribution is -2.35. The first-order valence-electron chi connectivity index (χ1n) is 9.08. The molecule has 30 heavy (non-hydrogen) atoms. The fourth-order valence-electron chi connectivity index (χ4n) is 3.09. The first-order chi connectivity index (χ1) is 14.1. The van der Waals surface area contributed by atoms with Gasteiger partial charge in [-0.15, -0.1) is 11.3 Å². The summed E-state index contributed by atoms with van der Waals surface area (Å²) >= 11 is 1.04. The van der Waals surface area contributed by atoms with Gasteiger partial charge in [-0.05, 0) is 31.5 Å². The van der Waals surface area contributed by atoms with Crippen LogP contribution in [0.5, 0.6) is 0 Å². The number of carbonyl (C=O) groups is 2. The van der Waals surface area contributed by atoms with Crippen molar-refractivity contribution in [3.8, 4) is 0 Å². The maximum absolute atomic E-state index is 13.3. The summed E-state index contributed by atoms with van der Waals surface area (Å²) in [5, 5.41) is 3.16. The van der Waals surface area contributed by atoms with Gasteiger partial charge in [0.05, 0.1) is 13.7 Å². The molecule has 0 fully saturated rings. The molecule has 0 aliphatic heterocycles. The number of methoxy groups -OCH3 is 1. The first kappa shape index (κ1) is 21.9. The zero-order valence-electron chi connectivity index (χ0n) is 17.1. The summed E-state index contributed by atoms with van der Waals surface area (Å²) in [4.78, 5) is 24.6. The number of sulfonamides is 1. The van der Waals surface area contributed by atoms with Crippen LogP contribution in [0.3, 0.4) is 0 Å². The van der Waals surface area contributed by atoms with Crippen LogP contribution < -0.4 is 5.32 Å². The number of hydrogen-bond acceptors (Lipinski definition) is 6. The third-order valence-electron chi connectivity index (χ3n) is 4.61. The second kappa shape index (κ2) is 8.55. The summed E-state index contributed by atoms with van der Waals surface area (Å²) < 4.78 is 32.9. The van der Waals surface area contributed by atoms with E-state index in [0.717, 1.165) is 26.8 Å². The summed E-state index contributed by atoms with van der Waals surface area (Å²) in [5.74, 6) is -1.21. The van der Waals surface area contributed by atoms with E-state index in [-0.39, 0.29) is 9.77 Å². The number of anilines is 1. The Morgan fingerprint density at radius 1 is 1.13 bits per heavy atom. The molecular formula is C21H22N2O5S2. The number of thiophene rings is 1. The van der Waals surface area contributed by atoms with Crippen LogP contribution >= 0.6 is 11.3 Å². The van der Waals surface area contributed by atoms with E-state index in [4.69, 9.17) is 4.74 Å². The summed E-state index contributed by atoms with van der Waals surface area (Å²) in [6.45, 7) is 3.41. The number of amides is 1. The van der Waals surface area contributed by atoms with Gasteiger partial charge in [-0.25, -0.2) is 13.2 Å². The highest BCUT2D eigenvalue weighted by Crippen LogP contribution is 2.36. The third-order valence-corrected chi connectivity index (χ3v) is 7.78. The van der Waals surface area contributed by atoms with Crippen molar-refractivity contribution >= 4 is 49.0 Å². The van der Waals surface area contributed by atoms with Crippen molar-refractivity contribution in [1.29, 1.82) is 0 Å². The molecule has 1 aromatic heterocycles. The summed E-state index contributed by atoms with van der Waals surface area (Å²) in [5.41, 5.74) is 2.56. The van der Waals surface area contributed by atoms with E-state index in [1.807, 2.05) is 26.0 Å². The number of rotatable bonds is 6. The Bertz CT molecular complexity index is 1230. The molecule has 0 atom stereocenters. The number of esters is 1. The van der Waals surface area contributed by atoms with Crippen LogP contribution in [0.25, 0.3) is 10.1 Å². The van der Waals surface area contributed by atoms with Crippen LogP contribution in [-0.4, -0.2) is 45.3 Å². The largest absolute Gasteiger partial charge is 0.465 e. The van der Waals surface area contributed by atoms with Gasteiger partial charge in [0.15, 0.2) is 0 Å². The zero-order chi connectivity index (χ0) is 22.1. The van der Waals surface area contributed by atoms with E-state index < -0.39 is 28.4 Å². The van der Waals surface area contributed by atoms with Gasteiger partial charge in [0.25, 0.3) is 0 Å². The van der Waals surface area contributed by atoms with Crippen molar-refractivity contribution in [3.63, 3.8) is 0 Å². The molecule has 3 aromatic rings. The van der Waals surface area contributed by atoms with Crippen LogP contribution in [0, 0.1) is 13.8 Å². The first-order valence-corrected chi connectivity index (χ1v) is 11.3. The summed E-state index contributed by atoms with van der Waals surface area (Å²) in [7, 11) is -1.62. The minimum Gasteiger partial charge on any atom is -0.465 e. The zero-order valence-corrected chi connectivity index (χ0v) is 18.7. The molecule has 1 amide bonds. The number of nitrogens with zero attached hydrogens (tertiary/aromatic N) is 1. The minimum atomic E-state index is -4.13. The lowest BCUT2D eigenvalue weighted by Gasteiger charge is -2.18. The average Bonchev–Trinajstić information content (AvgIpc) is 3.09. The third kappa shape index (κ3) is 4.23. The van der Waals surface area contributed by atoms with E-state index in [1.165, 1.54) is 14.2 Å². The van der Waals surface area contributed by atoms with Crippen molar-refractivity contribution in [3.05, 3.63) is 58.5 Å². The molecule has 2 aromatic carbocycles. The highest BCUT2D eigenvalue weighted by molar-refractivity contribution is 7.89. The Morgan fingerprint density at radius 3 is 2.50 bits per heavy atom. The summed E-state index contributed by atoms with van der Waals surface area (Å²) in [6, 6.07) is 12.4. The maximum Gasteiger partial charge on any atom is 0.349 e. The topological polar surface area (TPSA) is 92.8 Å². The van der Waals surface area contributed by atoms with Gasteiger partial charge in [-0.3, -0.25) is 4.79 Å². The van der Waals surface area contributed by atoms with Crippen LogP contribution in [0.1, 0.15) is 20.8 Å². The lowest BCUT2D eigenvalue weighted by molar-refractivity contribution is -0.116. The Kier molecular flexibility index (Phi) is 6.25. The van der Waals surface area contributed by atoms with Crippen molar-refractivity contribution < 1.29 is 22.7 Å². The number of nitrogens with one attached hydrogen (secondary N) is 1. The fraction of sp³-hybridized carbons (Fsp3) is 0.238. The molecular weight excluding hydrogens is 424 g/mol. The molecule has 3 rings (SSSR count). The number of ether oxygens (including phenoxy) is 1. The van der Waals surface area contributed by atoms with Gasteiger partial charge < -0.3 is 10.1 Å². The highest BCUT2D eigenvalue weighted by atomic mass is 32.2. The van der Waals surface area contributed by atoms with Crippen molar-refractivity contribution in [2.45, 2.75) is 18.7 Å². The Hall–Kier alpha value is -2.75.